The van der Waals surface area contributed by atoms with Crippen LogP contribution < -0.4 is 10.2 Å². The summed E-state index contributed by atoms with van der Waals surface area (Å²) in [4.78, 5) is 4.82. The molecule has 0 bridgehead atoms. The lowest BCUT2D eigenvalue weighted by atomic mass is 10.1. The summed E-state index contributed by atoms with van der Waals surface area (Å²) in [5.74, 6) is 0.816. The number of hydrogen-bond acceptors (Lipinski definition) is 3. The molecule has 0 aromatic heterocycles. The van der Waals surface area contributed by atoms with E-state index in [4.69, 9.17) is 0 Å². The topological polar surface area (TPSA) is 18.5 Å². The molecule has 0 spiro atoms. The lowest BCUT2D eigenvalue weighted by Gasteiger charge is -2.23. The summed E-state index contributed by atoms with van der Waals surface area (Å²) < 4.78 is 0. The van der Waals surface area contributed by atoms with Crippen LogP contribution in [-0.2, 0) is 6.54 Å². The molecule has 0 saturated carbocycles. The van der Waals surface area contributed by atoms with Crippen LogP contribution in [-0.4, -0.2) is 45.2 Å². The van der Waals surface area contributed by atoms with E-state index in [2.05, 4.69) is 60.4 Å². The molecule has 0 amide bonds. The van der Waals surface area contributed by atoms with E-state index in [1.807, 2.05) is 0 Å². The second-order valence-corrected chi connectivity index (χ2v) is 5.74. The van der Waals surface area contributed by atoms with Crippen LogP contribution in [0.3, 0.4) is 0 Å². The Kier molecular flexibility index (Phi) is 5.23. The summed E-state index contributed by atoms with van der Waals surface area (Å²) in [5.41, 5.74) is 2.69. The van der Waals surface area contributed by atoms with Gasteiger partial charge in [-0.1, -0.05) is 19.1 Å². The van der Waals surface area contributed by atoms with E-state index in [0.717, 1.165) is 25.6 Å². The summed E-state index contributed by atoms with van der Waals surface area (Å²) in [6.07, 6.45) is 1.33. The van der Waals surface area contributed by atoms with Gasteiger partial charge < -0.3 is 15.1 Å². The predicted molar refractivity (Wildman–Crippen MR) is 82.7 cm³/mol. The zero-order valence-corrected chi connectivity index (χ0v) is 12.5. The van der Waals surface area contributed by atoms with Crippen LogP contribution in [0.15, 0.2) is 24.3 Å². The van der Waals surface area contributed by atoms with Gasteiger partial charge >= 0.3 is 0 Å². The molecule has 2 rings (SSSR count). The van der Waals surface area contributed by atoms with Gasteiger partial charge in [-0.15, -0.1) is 0 Å². The van der Waals surface area contributed by atoms with E-state index in [0.29, 0.717) is 0 Å². The van der Waals surface area contributed by atoms with Gasteiger partial charge in [0.1, 0.15) is 0 Å². The maximum Gasteiger partial charge on any atom is 0.0363 e. The molecule has 1 unspecified atom stereocenters. The van der Waals surface area contributed by atoms with Gasteiger partial charge in [0.15, 0.2) is 0 Å². The quantitative estimate of drug-likeness (QED) is 0.847. The Labute approximate surface area is 117 Å². The average molecular weight is 261 g/mol. The maximum absolute atomic E-state index is 3.36. The van der Waals surface area contributed by atoms with Crippen LogP contribution in [0.4, 0.5) is 5.69 Å². The third-order valence-corrected chi connectivity index (χ3v) is 3.98. The largest absolute Gasteiger partial charge is 0.374 e. The minimum absolute atomic E-state index is 0.816. The van der Waals surface area contributed by atoms with Gasteiger partial charge in [0, 0.05) is 32.4 Å². The Morgan fingerprint density at radius 1 is 1.32 bits per heavy atom. The van der Waals surface area contributed by atoms with Gasteiger partial charge in [-0.3, -0.25) is 0 Å². The number of hydrogen-bond donors (Lipinski definition) is 1. The Hall–Kier alpha value is -1.06. The number of anilines is 1. The maximum atomic E-state index is 3.36. The van der Waals surface area contributed by atoms with E-state index in [9.17, 15) is 0 Å². The zero-order chi connectivity index (χ0) is 13.7. The lowest BCUT2D eigenvalue weighted by molar-refractivity contribution is 0.396. The summed E-state index contributed by atoms with van der Waals surface area (Å²) in [6, 6.07) is 8.95. The summed E-state index contributed by atoms with van der Waals surface area (Å²) in [7, 11) is 4.42. The van der Waals surface area contributed by atoms with Crippen molar-refractivity contribution in [3.05, 3.63) is 29.8 Å². The molecular weight excluding hydrogens is 234 g/mol. The normalized spacial score (nSPS) is 19.8. The van der Waals surface area contributed by atoms with E-state index >= 15 is 0 Å². The second kappa shape index (κ2) is 6.92. The summed E-state index contributed by atoms with van der Waals surface area (Å²) >= 11 is 0. The molecule has 1 N–H and O–H groups in total. The van der Waals surface area contributed by atoms with Crippen LogP contribution >= 0.6 is 0 Å². The number of nitrogens with zero attached hydrogens (tertiary/aromatic N) is 2. The van der Waals surface area contributed by atoms with Crippen molar-refractivity contribution >= 4 is 5.69 Å². The molecule has 1 saturated heterocycles. The van der Waals surface area contributed by atoms with Crippen LogP contribution in [0, 0.1) is 5.92 Å². The van der Waals surface area contributed by atoms with E-state index in [1.165, 1.54) is 30.8 Å². The third kappa shape index (κ3) is 4.22. The molecule has 1 heterocycles. The van der Waals surface area contributed by atoms with Crippen LogP contribution in [0.5, 0.6) is 0 Å². The minimum Gasteiger partial charge on any atom is -0.374 e. The number of nitrogens with one attached hydrogen (secondary N) is 1. The van der Waals surface area contributed by atoms with Gasteiger partial charge in [-0.05, 0) is 50.2 Å². The first-order valence-corrected chi connectivity index (χ1v) is 7.38. The van der Waals surface area contributed by atoms with E-state index < -0.39 is 0 Å². The van der Waals surface area contributed by atoms with E-state index in [1.54, 1.807) is 0 Å². The first-order valence-electron chi connectivity index (χ1n) is 7.38. The fourth-order valence-corrected chi connectivity index (χ4v) is 2.81. The molecule has 19 heavy (non-hydrogen) atoms. The highest BCUT2D eigenvalue weighted by Crippen LogP contribution is 2.20. The van der Waals surface area contributed by atoms with Crippen molar-refractivity contribution in [1.82, 2.24) is 10.2 Å². The van der Waals surface area contributed by atoms with Crippen molar-refractivity contribution in [3.63, 3.8) is 0 Å². The van der Waals surface area contributed by atoms with Crippen molar-refractivity contribution in [1.29, 1.82) is 0 Å². The molecule has 0 aliphatic carbocycles. The highest BCUT2D eigenvalue weighted by Gasteiger charge is 2.20. The van der Waals surface area contributed by atoms with Crippen molar-refractivity contribution in [3.8, 4) is 0 Å². The smallest absolute Gasteiger partial charge is 0.0363 e. The minimum atomic E-state index is 0.816. The Morgan fingerprint density at radius 2 is 2.05 bits per heavy atom. The van der Waals surface area contributed by atoms with Crippen LogP contribution in [0.2, 0.25) is 0 Å². The molecule has 1 aliphatic heterocycles. The lowest BCUT2D eigenvalue weighted by Crippen LogP contribution is -2.27. The van der Waals surface area contributed by atoms with Crippen LogP contribution in [0.1, 0.15) is 18.9 Å². The molecule has 1 aromatic carbocycles. The molecule has 3 nitrogen and oxygen atoms in total. The first kappa shape index (κ1) is 14.4. The Morgan fingerprint density at radius 3 is 2.63 bits per heavy atom. The molecule has 1 atom stereocenters. The van der Waals surface area contributed by atoms with Gasteiger partial charge in [0.2, 0.25) is 0 Å². The fraction of sp³-hybridized carbons (Fsp3) is 0.625. The van der Waals surface area contributed by atoms with Gasteiger partial charge in [-0.25, -0.2) is 0 Å². The highest BCUT2D eigenvalue weighted by atomic mass is 15.1. The van der Waals surface area contributed by atoms with Gasteiger partial charge in [0.05, 0.1) is 0 Å². The third-order valence-electron chi connectivity index (χ3n) is 3.98. The fourth-order valence-electron chi connectivity index (χ4n) is 2.81. The molecule has 0 radical (unpaired) electrons. The number of benzene rings is 1. The van der Waals surface area contributed by atoms with Gasteiger partial charge in [0.25, 0.3) is 0 Å². The Balaban J connectivity index is 1.86. The number of likely N-dealkylation sites (tertiary alicyclic amines) is 1. The Bertz CT molecular complexity index is 374. The van der Waals surface area contributed by atoms with Crippen LogP contribution in [0.25, 0.3) is 0 Å². The molecule has 1 fully saturated rings. The first-order chi connectivity index (χ1) is 9.19. The summed E-state index contributed by atoms with van der Waals surface area (Å²) in [6.45, 7) is 7.78. The molecule has 1 aromatic rings. The molecule has 106 valence electrons. The van der Waals surface area contributed by atoms with Crippen molar-refractivity contribution in [2.24, 2.45) is 5.92 Å². The molecule has 3 heteroatoms. The van der Waals surface area contributed by atoms with Crippen molar-refractivity contribution in [2.75, 3.05) is 45.2 Å². The predicted octanol–water partition coefficient (Wildman–Crippen LogP) is 2.18. The zero-order valence-electron chi connectivity index (χ0n) is 12.5. The SMILES string of the molecule is CCNCc1ccc(N(C)CC2CCN(C)C2)cc1. The molecule has 1 aliphatic rings. The monoisotopic (exact) mass is 261 g/mol. The average Bonchev–Trinajstić information content (AvgIpc) is 2.82. The van der Waals surface area contributed by atoms with Gasteiger partial charge in [-0.2, -0.15) is 0 Å². The summed E-state index contributed by atoms with van der Waals surface area (Å²) in [5, 5.41) is 3.36. The second-order valence-electron chi connectivity index (χ2n) is 5.74. The van der Waals surface area contributed by atoms with Crippen molar-refractivity contribution in [2.45, 2.75) is 19.9 Å². The highest BCUT2D eigenvalue weighted by molar-refractivity contribution is 5.46. The standard InChI is InChI=1S/C16H27N3/c1-4-17-11-14-5-7-16(8-6-14)19(3)13-15-9-10-18(2)12-15/h5-8,15,17H,4,9-13H2,1-3H3. The van der Waals surface area contributed by atoms with E-state index in [-0.39, 0.29) is 0 Å². The number of rotatable bonds is 6. The van der Waals surface area contributed by atoms with Crippen molar-refractivity contribution < 1.29 is 0 Å². The molecular formula is C16H27N3.